The van der Waals surface area contributed by atoms with Crippen molar-refractivity contribution in [2.45, 2.75) is 0 Å². The lowest BCUT2D eigenvalue weighted by Gasteiger charge is -2.04. The van der Waals surface area contributed by atoms with E-state index in [9.17, 15) is 4.79 Å². The standard InChI is InChI=1S/C9H10BrClN2O/c10-7-3-6(4-8(11)5-7)9(14)13-2-1-12/h3-5H,1-2,12H2,(H,13,14). The fourth-order valence-corrected chi connectivity index (χ4v) is 1.83. The molecule has 0 saturated heterocycles. The zero-order valence-corrected chi connectivity index (χ0v) is 9.73. The zero-order valence-electron chi connectivity index (χ0n) is 7.39. The van der Waals surface area contributed by atoms with Crippen LogP contribution >= 0.6 is 27.5 Å². The Morgan fingerprint density at radius 1 is 1.50 bits per heavy atom. The average Bonchev–Trinajstić information content (AvgIpc) is 2.12. The minimum atomic E-state index is -0.168. The third-order valence-electron chi connectivity index (χ3n) is 1.55. The van der Waals surface area contributed by atoms with Gasteiger partial charge >= 0.3 is 0 Å². The van der Waals surface area contributed by atoms with Crippen LogP contribution in [-0.4, -0.2) is 19.0 Å². The topological polar surface area (TPSA) is 55.1 Å². The second-order valence-electron chi connectivity index (χ2n) is 2.70. The van der Waals surface area contributed by atoms with Gasteiger partial charge in [0.2, 0.25) is 0 Å². The summed E-state index contributed by atoms with van der Waals surface area (Å²) in [5.74, 6) is -0.168. The monoisotopic (exact) mass is 276 g/mol. The third-order valence-corrected chi connectivity index (χ3v) is 2.23. The molecule has 1 aromatic rings. The van der Waals surface area contributed by atoms with Gasteiger partial charge in [0.1, 0.15) is 0 Å². The van der Waals surface area contributed by atoms with Gasteiger partial charge in [0, 0.05) is 28.1 Å². The van der Waals surface area contributed by atoms with Gasteiger partial charge in [-0.3, -0.25) is 4.79 Å². The van der Waals surface area contributed by atoms with E-state index in [1.165, 1.54) is 0 Å². The Labute approximate surface area is 95.7 Å². The van der Waals surface area contributed by atoms with Crippen LogP contribution in [0.5, 0.6) is 0 Å². The van der Waals surface area contributed by atoms with Crippen LogP contribution in [0, 0.1) is 0 Å². The summed E-state index contributed by atoms with van der Waals surface area (Å²) in [4.78, 5) is 11.5. The second kappa shape index (κ2) is 5.34. The first-order valence-electron chi connectivity index (χ1n) is 4.08. The largest absolute Gasteiger partial charge is 0.351 e. The number of hydrogen-bond donors (Lipinski definition) is 2. The molecule has 3 nitrogen and oxygen atoms in total. The van der Waals surface area contributed by atoms with E-state index >= 15 is 0 Å². The third kappa shape index (κ3) is 3.29. The Kier molecular flexibility index (Phi) is 4.38. The molecule has 14 heavy (non-hydrogen) atoms. The molecule has 0 saturated carbocycles. The maximum absolute atomic E-state index is 11.5. The highest BCUT2D eigenvalue weighted by atomic mass is 79.9. The number of halogens is 2. The molecule has 0 spiro atoms. The van der Waals surface area contributed by atoms with Gasteiger partial charge in [0.25, 0.3) is 5.91 Å². The van der Waals surface area contributed by atoms with Crippen molar-refractivity contribution in [1.82, 2.24) is 5.32 Å². The number of carbonyl (C=O) groups is 1. The number of rotatable bonds is 3. The lowest BCUT2D eigenvalue weighted by molar-refractivity contribution is 0.0954. The first-order chi connectivity index (χ1) is 6.63. The van der Waals surface area contributed by atoms with Crippen molar-refractivity contribution in [2.24, 2.45) is 5.73 Å². The molecule has 0 aromatic heterocycles. The van der Waals surface area contributed by atoms with E-state index in [-0.39, 0.29) is 5.91 Å². The van der Waals surface area contributed by atoms with Crippen LogP contribution < -0.4 is 11.1 Å². The van der Waals surface area contributed by atoms with Crippen LogP contribution in [0.4, 0.5) is 0 Å². The first-order valence-corrected chi connectivity index (χ1v) is 5.25. The van der Waals surface area contributed by atoms with Crippen LogP contribution in [0.1, 0.15) is 10.4 Å². The van der Waals surface area contributed by atoms with E-state index in [2.05, 4.69) is 21.2 Å². The summed E-state index contributed by atoms with van der Waals surface area (Å²) in [6.07, 6.45) is 0. The number of carbonyl (C=O) groups excluding carboxylic acids is 1. The maximum Gasteiger partial charge on any atom is 0.251 e. The summed E-state index contributed by atoms with van der Waals surface area (Å²) in [6.45, 7) is 0.885. The van der Waals surface area contributed by atoms with E-state index in [0.717, 1.165) is 4.47 Å². The molecule has 0 radical (unpaired) electrons. The highest BCUT2D eigenvalue weighted by Gasteiger charge is 2.06. The van der Waals surface area contributed by atoms with Crippen LogP contribution in [0.2, 0.25) is 5.02 Å². The smallest absolute Gasteiger partial charge is 0.251 e. The molecule has 0 aliphatic rings. The van der Waals surface area contributed by atoms with Crippen molar-refractivity contribution < 1.29 is 4.79 Å². The molecule has 0 aliphatic carbocycles. The minimum Gasteiger partial charge on any atom is -0.351 e. The zero-order chi connectivity index (χ0) is 10.6. The maximum atomic E-state index is 11.5. The molecule has 1 rings (SSSR count). The van der Waals surface area contributed by atoms with E-state index in [1.54, 1.807) is 18.2 Å². The molecular formula is C9H10BrClN2O. The van der Waals surface area contributed by atoms with Crippen molar-refractivity contribution in [3.05, 3.63) is 33.3 Å². The van der Waals surface area contributed by atoms with Crippen LogP contribution in [0.3, 0.4) is 0 Å². The quantitative estimate of drug-likeness (QED) is 0.885. The molecule has 1 aromatic carbocycles. The van der Waals surface area contributed by atoms with Gasteiger partial charge in [-0.25, -0.2) is 0 Å². The molecule has 0 unspecified atom stereocenters. The molecule has 0 bridgehead atoms. The Balaban J connectivity index is 2.79. The SMILES string of the molecule is NCCNC(=O)c1cc(Cl)cc(Br)c1. The average molecular weight is 278 g/mol. The lowest BCUT2D eigenvalue weighted by atomic mass is 10.2. The summed E-state index contributed by atoms with van der Waals surface area (Å²) >= 11 is 9.05. The fraction of sp³-hybridized carbons (Fsp3) is 0.222. The summed E-state index contributed by atoms with van der Waals surface area (Å²) in [5, 5.41) is 3.18. The van der Waals surface area contributed by atoms with E-state index < -0.39 is 0 Å². The van der Waals surface area contributed by atoms with E-state index in [0.29, 0.717) is 23.7 Å². The molecule has 76 valence electrons. The molecule has 0 heterocycles. The van der Waals surface area contributed by atoms with Gasteiger partial charge in [-0.2, -0.15) is 0 Å². The van der Waals surface area contributed by atoms with Gasteiger partial charge in [0.15, 0.2) is 0 Å². The van der Waals surface area contributed by atoms with Crippen LogP contribution in [0.25, 0.3) is 0 Å². The minimum absolute atomic E-state index is 0.168. The summed E-state index contributed by atoms with van der Waals surface area (Å²) in [7, 11) is 0. The van der Waals surface area contributed by atoms with Crippen molar-refractivity contribution >= 4 is 33.4 Å². The van der Waals surface area contributed by atoms with Gasteiger partial charge in [-0.05, 0) is 18.2 Å². The highest BCUT2D eigenvalue weighted by Crippen LogP contribution is 2.19. The molecule has 0 fully saturated rings. The second-order valence-corrected chi connectivity index (χ2v) is 4.05. The highest BCUT2D eigenvalue weighted by molar-refractivity contribution is 9.10. The number of hydrogen-bond acceptors (Lipinski definition) is 2. The number of nitrogens with one attached hydrogen (secondary N) is 1. The van der Waals surface area contributed by atoms with Crippen LogP contribution in [0.15, 0.2) is 22.7 Å². The van der Waals surface area contributed by atoms with Gasteiger partial charge in [-0.15, -0.1) is 0 Å². The summed E-state index contributed by atoms with van der Waals surface area (Å²) in [6, 6.07) is 5.04. The Bertz CT molecular complexity index is 323. The number of benzene rings is 1. The van der Waals surface area contributed by atoms with Crippen LogP contribution in [-0.2, 0) is 0 Å². The Morgan fingerprint density at radius 2 is 2.21 bits per heavy atom. The molecular weight excluding hydrogens is 267 g/mol. The number of nitrogens with two attached hydrogens (primary N) is 1. The molecule has 3 N–H and O–H groups in total. The Morgan fingerprint density at radius 3 is 2.79 bits per heavy atom. The number of amides is 1. The van der Waals surface area contributed by atoms with Gasteiger partial charge in [-0.1, -0.05) is 27.5 Å². The summed E-state index contributed by atoms with van der Waals surface area (Å²) in [5.41, 5.74) is 5.79. The van der Waals surface area contributed by atoms with Crippen molar-refractivity contribution in [2.75, 3.05) is 13.1 Å². The summed E-state index contributed by atoms with van der Waals surface area (Å²) < 4.78 is 0.780. The molecule has 0 aliphatic heterocycles. The van der Waals surface area contributed by atoms with E-state index in [4.69, 9.17) is 17.3 Å². The van der Waals surface area contributed by atoms with Gasteiger partial charge < -0.3 is 11.1 Å². The predicted molar refractivity (Wildman–Crippen MR) is 60.5 cm³/mol. The predicted octanol–water partition coefficient (Wildman–Crippen LogP) is 1.79. The fourth-order valence-electron chi connectivity index (χ4n) is 0.973. The molecule has 5 heteroatoms. The van der Waals surface area contributed by atoms with Crippen molar-refractivity contribution in [3.63, 3.8) is 0 Å². The lowest BCUT2D eigenvalue weighted by Crippen LogP contribution is -2.28. The van der Waals surface area contributed by atoms with Gasteiger partial charge in [0.05, 0.1) is 0 Å². The Hall–Kier alpha value is -0.580. The molecule has 1 amide bonds. The van der Waals surface area contributed by atoms with Crippen molar-refractivity contribution in [1.29, 1.82) is 0 Å². The van der Waals surface area contributed by atoms with E-state index in [1.807, 2.05) is 0 Å². The van der Waals surface area contributed by atoms with Crippen molar-refractivity contribution in [3.8, 4) is 0 Å². The normalized spacial score (nSPS) is 9.93. The first kappa shape index (κ1) is 11.5. The molecule has 0 atom stereocenters.